The fourth-order valence-electron chi connectivity index (χ4n) is 2.24. The summed E-state index contributed by atoms with van der Waals surface area (Å²) in [5.74, 6) is 0.231. The summed E-state index contributed by atoms with van der Waals surface area (Å²) < 4.78 is 0. The van der Waals surface area contributed by atoms with Crippen molar-refractivity contribution in [2.24, 2.45) is 11.8 Å². The van der Waals surface area contributed by atoms with Gasteiger partial charge in [0.15, 0.2) is 0 Å². The van der Waals surface area contributed by atoms with Gasteiger partial charge in [-0.3, -0.25) is 4.79 Å². The van der Waals surface area contributed by atoms with Gasteiger partial charge in [-0.2, -0.15) is 0 Å². The summed E-state index contributed by atoms with van der Waals surface area (Å²) >= 11 is 0. The molecule has 104 valence electrons. The first-order valence-corrected chi connectivity index (χ1v) is 6.50. The number of carbonyl (C=O) groups is 2. The van der Waals surface area contributed by atoms with Gasteiger partial charge in [0.05, 0.1) is 6.42 Å². The molecule has 1 saturated heterocycles. The Bertz CT molecular complexity index is 328. The summed E-state index contributed by atoms with van der Waals surface area (Å²) in [7, 11) is 0. The van der Waals surface area contributed by atoms with Gasteiger partial charge in [-0.25, -0.2) is 4.79 Å². The number of urea groups is 1. The van der Waals surface area contributed by atoms with E-state index in [1.807, 2.05) is 0 Å². The lowest BCUT2D eigenvalue weighted by Gasteiger charge is -2.37. The fraction of sp³-hybridized carbons (Fsp3) is 0.846. The Morgan fingerprint density at radius 1 is 1.33 bits per heavy atom. The minimum absolute atomic E-state index is 0.0709. The Hall–Kier alpha value is -1.26. The van der Waals surface area contributed by atoms with Crippen molar-refractivity contribution in [2.75, 3.05) is 13.1 Å². The van der Waals surface area contributed by atoms with E-state index in [-0.39, 0.29) is 12.5 Å². The number of rotatable bonds is 3. The van der Waals surface area contributed by atoms with Crippen LogP contribution in [0.4, 0.5) is 4.79 Å². The summed E-state index contributed by atoms with van der Waals surface area (Å²) in [6, 6.07) is -0.153. The number of piperidine rings is 1. The first-order valence-electron chi connectivity index (χ1n) is 6.50. The zero-order valence-corrected chi connectivity index (χ0v) is 11.7. The Morgan fingerprint density at radius 2 is 1.94 bits per heavy atom. The van der Waals surface area contributed by atoms with Crippen molar-refractivity contribution in [2.45, 2.75) is 46.1 Å². The van der Waals surface area contributed by atoms with Crippen LogP contribution in [-0.2, 0) is 4.79 Å². The van der Waals surface area contributed by atoms with Gasteiger partial charge in [-0.15, -0.1) is 0 Å². The lowest BCUT2D eigenvalue weighted by molar-refractivity contribution is -0.138. The van der Waals surface area contributed by atoms with Gasteiger partial charge >= 0.3 is 12.0 Å². The van der Waals surface area contributed by atoms with Crippen molar-refractivity contribution < 1.29 is 14.7 Å². The SMILES string of the molecule is CC1CCN(C(=O)NC(C)(C)CC(=O)O)CC1C. The van der Waals surface area contributed by atoms with Gasteiger partial charge < -0.3 is 15.3 Å². The maximum Gasteiger partial charge on any atom is 0.317 e. The van der Waals surface area contributed by atoms with Gasteiger partial charge in [-0.05, 0) is 32.1 Å². The standard InChI is InChI=1S/C13H24N2O3/c1-9-5-6-15(8-10(9)2)12(18)14-13(3,4)7-11(16)17/h9-10H,5-8H2,1-4H3,(H,14,18)(H,16,17). The predicted molar refractivity (Wildman–Crippen MR) is 69.4 cm³/mol. The third-order valence-corrected chi connectivity index (χ3v) is 3.66. The lowest BCUT2D eigenvalue weighted by Crippen LogP contribution is -2.53. The Kier molecular flexibility index (Phi) is 4.59. The molecule has 0 aromatic heterocycles. The molecule has 0 saturated carbocycles. The number of carboxylic acids is 1. The Balaban J connectivity index is 2.53. The van der Waals surface area contributed by atoms with E-state index in [2.05, 4.69) is 19.2 Å². The second-order valence-corrected chi connectivity index (χ2v) is 6.07. The van der Waals surface area contributed by atoms with Crippen LogP contribution < -0.4 is 5.32 Å². The van der Waals surface area contributed by atoms with Crippen LogP contribution in [0.25, 0.3) is 0 Å². The maximum absolute atomic E-state index is 12.1. The molecule has 0 aromatic carbocycles. The zero-order chi connectivity index (χ0) is 13.9. The van der Waals surface area contributed by atoms with Crippen molar-refractivity contribution >= 4 is 12.0 Å². The van der Waals surface area contributed by atoms with Crippen molar-refractivity contribution in [1.82, 2.24) is 10.2 Å². The van der Waals surface area contributed by atoms with Gasteiger partial charge in [0.1, 0.15) is 0 Å². The van der Waals surface area contributed by atoms with Crippen molar-refractivity contribution in [3.05, 3.63) is 0 Å². The van der Waals surface area contributed by atoms with E-state index in [0.717, 1.165) is 19.5 Å². The highest BCUT2D eigenvalue weighted by Crippen LogP contribution is 2.22. The number of aliphatic carboxylic acids is 1. The summed E-state index contributed by atoms with van der Waals surface area (Å²) in [6.07, 6.45) is 0.937. The Morgan fingerprint density at radius 3 is 2.44 bits per heavy atom. The molecule has 1 aliphatic rings. The molecular weight excluding hydrogens is 232 g/mol. The number of carboxylic acid groups (broad SMARTS) is 1. The zero-order valence-electron chi connectivity index (χ0n) is 11.7. The first-order chi connectivity index (χ1) is 8.21. The van der Waals surface area contributed by atoms with Gasteiger partial charge in [0.25, 0.3) is 0 Å². The highest BCUT2D eigenvalue weighted by molar-refractivity contribution is 5.76. The summed E-state index contributed by atoms with van der Waals surface area (Å²) in [6.45, 7) is 9.31. The van der Waals surface area contributed by atoms with E-state index in [1.54, 1.807) is 18.7 Å². The molecule has 0 aromatic rings. The second-order valence-electron chi connectivity index (χ2n) is 6.07. The molecule has 5 heteroatoms. The molecule has 0 spiro atoms. The minimum Gasteiger partial charge on any atom is -0.481 e. The van der Waals surface area contributed by atoms with Crippen LogP contribution in [0.2, 0.25) is 0 Å². The van der Waals surface area contributed by atoms with Gasteiger partial charge in [0.2, 0.25) is 0 Å². The average Bonchev–Trinajstić information content (AvgIpc) is 2.19. The van der Waals surface area contributed by atoms with Crippen LogP contribution in [0.5, 0.6) is 0 Å². The molecule has 2 amide bonds. The van der Waals surface area contributed by atoms with E-state index in [1.165, 1.54) is 0 Å². The van der Waals surface area contributed by atoms with E-state index in [0.29, 0.717) is 11.8 Å². The summed E-state index contributed by atoms with van der Waals surface area (Å²) in [4.78, 5) is 24.6. The molecule has 5 nitrogen and oxygen atoms in total. The molecule has 0 bridgehead atoms. The van der Waals surface area contributed by atoms with E-state index < -0.39 is 11.5 Å². The van der Waals surface area contributed by atoms with E-state index >= 15 is 0 Å². The average molecular weight is 256 g/mol. The number of hydrogen-bond donors (Lipinski definition) is 2. The van der Waals surface area contributed by atoms with Crippen LogP contribution >= 0.6 is 0 Å². The largest absolute Gasteiger partial charge is 0.481 e. The topological polar surface area (TPSA) is 69.6 Å². The quantitative estimate of drug-likeness (QED) is 0.810. The smallest absolute Gasteiger partial charge is 0.317 e. The lowest BCUT2D eigenvalue weighted by atomic mass is 9.89. The van der Waals surface area contributed by atoms with Crippen LogP contribution in [0.1, 0.15) is 40.5 Å². The number of hydrogen-bond acceptors (Lipinski definition) is 2. The number of amides is 2. The van der Waals surface area contributed by atoms with Crippen LogP contribution in [-0.4, -0.2) is 40.6 Å². The number of carbonyl (C=O) groups excluding carboxylic acids is 1. The van der Waals surface area contributed by atoms with Crippen LogP contribution in [0.3, 0.4) is 0 Å². The van der Waals surface area contributed by atoms with Gasteiger partial charge in [-0.1, -0.05) is 13.8 Å². The molecule has 2 atom stereocenters. The van der Waals surface area contributed by atoms with Crippen LogP contribution in [0.15, 0.2) is 0 Å². The number of likely N-dealkylation sites (tertiary alicyclic amines) is 1. The van der Waals surface area contributed by atoms with E-state index in [9.17, 15) is 9.59 Å². The third kappa shape index (κ3) is 4.20. The molecular formula is C13H24N2O3. The Labute approximate surface area is 109 Å². The molecule has 2 unspecified atom stereocenters. The highest BCUT2D eigenvalue weighted by atomic mass is 16.4. The highest BCUT2D eigenvalue weighted by Gasteiger charge is 2.30. The van der Waals surface area contributed by atoms with E-state index in [4.69, 9.17) is 5.11 Å². The fourth-order valence-corrected chi connectivity index (χ4v) is 2.24. The first kappa shape index (κ1) is 14.8. The molecule has 2 N–H and O–H groups in total. The molecule has 0 aliphatic carbocycles. The van der Waals surface area contributed by atoms with Crippen molar-refractivity contribution in [3.63, 3.8) is 0 Å². The van der Waals surface area contributed by atoms with Crippen molar-refractivity contribution in [1.29, 1.82) is 0 Å². The summed E-state index contributed by atoms with van der Waals surface area (Å²) in [5, 5.41) is 11.6. The minimum atomic E-state index is -0.902. The molecule has 1 fully saturated rings. The molecule has 1 rings (SSSR count). The molecule has 18 heavy (non-hydrogen) atoms. The number of nitrogens with one attached hydrogen (secondary N) is 1. The molecule has 0 radical (unpaired) electrons. The van der Waals surface area contributed by atoms with Gasteiger partial charge in [0, 0.05) is 18.6 Å². The molecule has 1 aliphatic heterocycles. The predicted octanol–water partition coefficient (Wildman–Crippen LogP) is 1.93. The summed E-state index contributed by atoms with van der Waals surface area (Å²) in [5.41, 5.74) is -0.713. The molecule has 1 heterocycles. The second kappa shape index (κ2) is 5.59. The third-order valence-electron chi connectivity index (χ3n) is 3.66. The normalized spacial score (nSPS) is 24.8. The van der Waals surface area contributed by atoms with Crippen LogP contribution in [0, 0.1) is 11.8 Å². The number of nitrogens with zero attached hydrogens (tertiary/aromatic N) is 1. The van der Waals surface area contributed by atoms with Crippen molar-refractivity contribution in [3.8, 4) is 0 Å². The maximum atomic E-state index is 12.1. The monoisotopic (exact) mass is 256 g/mol.